The molecule has 168 valence electrons. The summed E-state index contributed by atoms with van der Waals surface area (Å²) in [5.74, 6) is 0.472. The van der Waals surface area contributed by atoms with Gasteiger partial charge >= 0.3 is 21.7 Å². The third-order valence-electron chi connectivity index (χ3n) is 4.37. The summed E-state index contributed by atoms with van der Waals surface area (Å²) in [6, 6.07) is 27.9. The Balaban J connectivity index is 0.000000410. The van der Waals surface area contributed by atoms with E-state index in [1.54, 1.807) is 48.5 Å². The summed E-state index contributed by atoms with van der Waals surface area (Å²) in [7, 11) is 0. The van der Waals surface area contributed by atoms with Gasteiger partial charge in [-0.2, -0.15) is 0 Å². The zero-order valence-electron chi connectivity index (χ0n) is 19.4. The van der Waals surface area contributed by atoms with Crippen LogP contribution in [0.2, 0.25) is 0 Å². The fourth-order valence-corrected chi connectivity index (χ4v) is 2.23. The molecular weight excluding hydrogens is 448 g/mol. The molecule has 0 N–H and O–H groups in total. The first-order valence-electron chi connectivity index (χ1n) is 10.1. The first-order valence-corrected chi connectivity index (χ1v) is 10.1. The van der Waals surface area contributed by atoms with Crippen molar-refractivity contribution in [3.8, 4) is 23.0 Å². The van der Waals surface area contributed by atoms with Crippen LogP contribution in [0, 0.1) is 27.7 Å². The van der Waals surface area contributed by atoms with Crippen LogP contribution in [0.25, 0.3) is 0 Å². The zero-order valence-corrected chi connectivity index (χ0v) is 20.9. The molecule has 33 heavy (non-hydrogen) atoms. The fourth-order valence-electron chi connectivity index (χ4n) is 2.23. The molecule has 0 amide bonds. The topological polar surface area (TPSA) is 92.2 Å². The van der Waals surface area contributed by atoms with E-state index in [0.717, 1.165) is 22.3 Å². The van der Waals surface area contributed by atoms with Gasteiger partial charge in [0, 0.05) is 0 Å². The molecule has 0 aliphatic heterocycles. The Morgan fingerprint density at radius 2 is 0.485 bits per heavy atom. The first-order chi connectivity index (χ1) is 15.2. The van der Waals surface area contributed by atoms with Gasteiger partial charge in [-0.3, -0.25) is 0 Å². The maximum atomic E-state index is 10.6. The average molecular weight is 476 g/mol. The number of para-hydroxylation sites is 4. The van der Waals surface area contributed by atoms with Gasteiger partial charge in [0.25, 0.3) is 0 Å². The predicted molar refractivity (Wildman–Crippen MR) is 123 cm³/mol. The van der Waals surface area contributed by atoms with E-state index in [0.29, 0.717) is 0 Å². The quantitative estimate of drug-likeness (QED) is 0.355. The molecule has 0 aliphatic carbocycles. The Hall–Kier alpha value is -3.21. The SMILES string of the molecule is Cc1ccccc1[O-].Cc1ccccc1[O-].Cc1ccccc1[O-].Cc1ccccc1[O-].[Ti+4]. The van der Waals surface area contributed by atoms with Crippen LogP contribution < -0.4 is 20.4 Å². The summed E-state index contributed by atoms with van der Waals surface area (Å²) < 4.78 is 0. The van der Waals surface area contributed by atoms with Crippen molar-refractivity contribution in [3.05, 3.63) is 119 Å². The van der Waals surface area contributed by atoms with Gasteiger partial charge in [0.2, 0.25) is 0 Å². The predicted octanol–water partition coefficient (Wildman–Crippen LogP) is 4.27. The van der Waals surface area contributed by atoms with Crippen LogP contribution in [-0.4, -0.2) is 0 Å². The van der Waals surface area contributed by atoms with Crippen molar-refractivity contribution >= 4 is 0 Å². The van der Waals surface area contributed by atoms with Crippen molar-refractivity contribution in [3.63, 3.8) is 0 Å². The van der Waals surface area contributed by atoms with Crippen molar-refractivity contribution in [2.24, 2.45) is 0 Å². The monoisotopic (exact) mass is 476 g/mol. The third-order valence-corrected chi connectivity index (χ3v) is 4.37. The molecule has 0 fully saturated rings. The average Bonchev–Trinajstić information content (AvgIpc) is 2.78. The molecule has 0 saturated heterocycles. The van der Waals surface area contributed by atoms with Crippen molar-refractivity contribution in [1.82, 2.24) is 0 Å². The van der Waals surface area contributed by atoms with Crippen molar-refractivity contribution < 1.29 is 42.1 Å². The largest absolute Gasteiger partial charge is 4.00 e. The Labute approximate surface area is 211 Å². The van der Waals surface area contributed by atoms with Gasteiger partial charge in [0.05, 0.1) is 0 Å². The molecule has 5 heteroatoms. The molecule has 4 aromatic rings. The second-order valence-corrected chi connectivity index (χ2v) is 7.06. The van der Waals surface area contributed by atoms with Crippen molar-refractivity contribution in [2.75, 3.05) is 0 Å². The minimum absolute atomic E-state index is 0. The van der Waals surface area contributed by atoms with Crippen LogP contribution in [0.4, 0.5) is 0 Å². The molecule has 0 atom stereocenters. The van der Waals surface area contributed by atoms with Gasteiger partial charge < -0.3 is 20.4 Å². The van der Waals surface area contributed by atoms with Gasteiger partial charge in [-0.1, -0.05) is 119 Å². The van der Waals surface area contributed by atoms with Crippen LogP contribution in [0.1, 0.15) is 22.3 Å². The molecule has 0 aromatic heterocycles. The molecular formula is C28H28O4Ti. The zero-order chi connectivity index (χ0) is 23.9. The van der Waals surface area contributed by atoms with Gasteiger partial charge in [0.15, 0.2) is 0 Å². The van der Waals surface area contributed by atoms with Gasteiger partial charge in [-0.05, 0) is 27.7 Å². The first kappa shape index (κ1) is 29.8. The van der Waals surface area contributed by atoms with E-state index in [9.17, 15) is 20.4 Å². The summed E-state index contributed by atoms with van der Waals surface area (Å²) in [6.45, 7) is 7.23. The minimum atomic E-state index is 0. The van der Waals surface area contributed by atoms with E-state index in [-0.39, 0.29) is 44.7 Å². The van der Waals surface area contributed by atoms with E-state index in [1.807, 2.05) is 76.2 Å². The smallest absolute Gasteiger partial charge is 0.872 e. The summed E-state index contributed by atoms with van der Waals surface area (Å²) in [5.41, 5.74) is 3.25. The van der Waals surface area contributed by atoms with Gasteiger partial charge in [-0.15, -0.1) is 23.0 Å². The van der Waals surface area contributed by atoms with E-state index in [2.05, 4.69) is 0 Å². The number of benzene rings is 4. The van der Waals surface area contributed by atoms with Crippen molar-refractivity contribution in [1.29, 1.82) is 0 Å². The number of rotatable bonds is 0. The number of hydrogen-bond donors (Lipinski definition) is 0. The molecule has 0 radical (unpaired) electrons. The van der Waals surface area contributed by atoms with Crippen LogP contribution in [0.15, 0.2) is 97.1 Å². The molecule has 0 heterocycles. The minimum Gasteiger partial charge on any atom is -0.872 e. The Kier molecular flexibility index (Phi) is 14.8. The van der Waals surface area contributed by atoms with Crippen LogP contribution in [0.5, 0.6) is 23.0 Å². The fraction of sp³-hybridized carbons (Fsp3) is 0.143. The second kappa shape index (κ2) is 16.4. The van der Waals surface area contributed by atoms with Crippen molar-refractivity contribution in [2.45, 2.75) is 27.7 Å². The molecule has 4 rings (SSSR count). The summed E-state index contributed by atoms with van der Waals surface area (Å²) in [5, 5.41) is 42.5. The summed E-state index contributed by atoms with van der Waals surface area (Å²) >= 11 is 0. The molecule has 4 nitrogen and oxygen atoms in total. The molecule has 0 bridgehead atoms. The van der Waals surface area contributed by atoms with Gasteiger partial charge in [-0.25, -0.2) is 0 Å². The van der Waals surface area contributed by atoms with Crippen LogP contribution in [-0.2, 0) is 21.7 Å². The van der Waals surface area contributed by atoms with Gasteiger partial charge in [0.1, 0.15) is 0 Å². The molecule has 0 spiro atoms. The molecule has 4 aromatic carbocycles. The maximum Gasteiger partial charge on any atom is 4.00 e. The van der Waals surface area contributed by atoms with E-state index in [4.69, 9.17) is 0 Å². The Bertz CT molecular complexity index is 822. The number of aryl methyl sites for hydroxylation is 4. The summed E-state index contributed by atoms with van der Waals surface area (Å²) in [6.07, 6.45) is 0. The van der Waals surface area contributed by atoms with E-state index in [1.165, 1.54) is 0 Å². The Morgan fingerprint density at radius 3 is 0.576 bits per heavy atom. The van der Waals surface area contributed by atoms with E-state index >= 15 is 0 Å². The maximum absolute atomic E-state index is 10.6. The van der Waals surface area contributed by atoms with Crippen LogP contribution in [0.3, 0.4) is 0 Å². The summed E-state index contributed by atoms with van der Waals surface area (Å²) in [4.78, 5) is 0. The molecule has 0 saturated carbocycles. The Morgan fingerprint density at radius 1 is 0.333 bits per heavy atom. The third kappa shape index (κ3) is 12.4. The molecule has 0 aliphatic rings. The standard InChI is InChI=1S/4C7H8O.Ti/c4*1-6-4-2-3-5-7(6)8;/h4*2-5,8H,1H3;/q;;;;+4/p-4. The number of hydrogen-bond acceptors (Lipinski definition) is 4. The van der Waals surface area contributed by atoms with Crippen LogP contribution >= 0.6 is 0 Å². The molecule has 0 unspecified atom stereocenters. The van der Waals surface area contributed by atoms with E-state index < -0.39 is 0 Å². The normalized spacial score (nSPS) is 8.85. The second-order valence-electron chi connectivity index (χ2n) is 7.06.